The fourth-order valence-corrected chi connectivity index (χ4v) is 5.40. The van der Waals surface area contributed by atoms with Gasteiger partial charge in [-0.2, -0.15) is 0 Å². The lowest BCUT2D eigenvalue weighted by Crippen LogP contribution is -2.51. The van der Waals surface area contributed by atoms with Gasteiger partial charge in [0.25, 0.3) is 0 Å². The molecule has 1 fully saturated rings. The number of carbonyl (C=O) groups excluding carboxylic acids is 2. The Balaban J connectivity index is 0.00000380. The molecule has 0 aliphatic carbocycles. The molecule has 1 aromatic heterocycles. The molecule has 1 amide bonds. The van der Waals surface area contributed by atoms with Crippen LogP contribution in [0.4, 0.5) is 5.82 Å². The quantitative estimate of drug-likeness (QED) is 0.382. The Labute approximate surface area is 225 Å². The molecular weight excluding hydrogens is 484 g/mol. The highest BCUT2D eigenvalue weighted by Crippen LogP contribution is 2.23. The number of Topliss-reactive ketones (excluding diaryl/α,β-unsaturated/α-hetero) is 1. The summed E-state index contributed by atoms with van der Waals surface area (Å²) in [5.41, 5.74) is 7.94. The molecule has 6 nitrogen and oxygen atoms in total. The van der Waals surface area contributed by atoms with Crippen LogP contribution in [0.5, 0.6) is 0 Å². The van der Waals surface area contributed by atoms with Crippen LogP contribution in [0.3, 0.4) is 0 Å². The SMILES string of the molecule is C.C[C@@H]1CCC[C@H](C)N1CC(=O)N[C@@H](Cc1cccc(Cl)c1)C(=O)CCc1ccc2c(N)nccc2c1. The van der Waals surface area contributed by atoms with E-state index in [9.17, 15) is 9.59 Å². The first-order chi connectivity index (χ1) is 17.3. The molecular formula is C30H39ClN4O2. The Morgan fingerprint density at radius 3 is 2.59 bits per heavy atom. The number of nitrogen functional groups attached to an aromatic ring is 1. The molecule has 0 radical (unpaired) electrons. The number of nitrogens with two attached hydrogens (primary N) is 1. The van der Waals surface area contributed by atoms with Gasteiger partial charge < -0.3 is 11.1 Å². The number of ketones is 1. The lowest BCUT2D eigenvalue weighted by molar-refractivity contribution is -0.129. The summed E-state index contributed by atoms with van der Waals surface area (Å²) in [7, 11) is 0. The molecule has 7 heteroatoms. The van der Waals surface area contributed by atoms with E-state index in [-0.39, 0.29) is 19.1 Å². The Morgan fingerprint density at radius 1 is 1.11 bits per heavy atom. The van der Waals surface area contributed by atoms with Gasteiger partial charge in [-0.3, -0.25) is 14.5 Å². The van der Waals surface area contributed by atoms with Gasteiger partial charge in [-0.25, -0.2) is 4.98 Å². The number of nitrogens with zero attached hydrogens (tertiary/aromatic N) is 2. The van der Waals surface area contributed by atoms with Gasteiger partial charge in [-0.15, -0.1) is 0 Å². The number of piperidine rings is 1. The van der Waals surface area contributed by atoms with Crippen LogP contribution in [0.25, 0.3) is 10.8 Å². The average molecular weight is 523 g/mol. The maximum atomic E-state index is 13.4. The van der Waals surface area contributed by atoms with Crippen LogP contribution in [0.15, 0.2) is 54.7 Å². The molecule has 0 unspecified atom stereocenters. The minimum atomic E-state index is -0.605. The highest BCUT2D eigenvalue weighted by molar-refractivity contribution is 6.30. The highest BCUT2D eigenvalue weighted by atomic mass is 35.5. The summed E-state index contributed by atoms with van der Waals surface area (Å²) in [6.45, 7) is 4.65. The third-order valence-corrected chi connectivity index (χ3v) is 7.51. The first-order valence-corrected chi connectivity index (χ1v) is 13.1. The smallest absolute Gasteiger partial charge is 0.234 e. The van der Waals surface area contributed by atoms with E-state index in [2.05, 4.69) is 29.0 Å². The number of hydrogen-bond acceptors (Lipinski definition) is 5. The van der Waals surface area contributed by atoms with Crippen LogP contribution in [0, 0.1) is 0 Å². The van der Waals surface area contributed by atoms with Gasteiger partial charge in [0.15, 0.2) is 5.78 Å². The number of aryl methyl sites for hydroxylation is 1. The lowest BCUT2D eigenvalue weighted by atomic mass is 9.96. The number of aromatic nitrogens is 1. The molecule has 198 valence electrons. The van der Waals surface area contributed by atoms with Crippen LogP contribution in [0.2, 0.25) is 5.02 Å². The number of benzene rings is 2. The first kappa shape index (κ1) is 28.6. The summed E-state index contributed by atoms with van der Waals surface area (Å²) in [6.07, 6.45) is 6.39. The number of halogens is 1. The van der Waals surface area contributed by atoms with Crippen molar-refractivity contribution in [2.45, 2.75) is 77.9 Å². The number of fused-ring (bicyclic) bond motifs is 1. The molecule has 3 aromatic rings. The molecule has 3 N–H and O–H groups in total. The van der Waals surface area contributed by atoms with Crippen molar-refractivity contribution in [1.82, 2.24) is 15.2 Å². The third kappa shape index (κ3) is 7.53. The summed E-state index contributed by atoms with van der Waals surface area (Å²) in [5.74, 6) is 0.402. The molecule has 0 saturated carbocycles. The predicted octanol–water partition coefficient (Wildman–Crippen LogP) is 5.60. The Kier molecular flexibility index (Phi) is 10.1. The molecule has 1 aliphatic heterocycles. The Hall–Kier alpha value is -2.96. The van der Waals surface area contributed by atoms with Crippen molar-refractivity contribution >= 4 is 39.9 Å². The number of likely N-dealkylation sites (tertiary alicyclic amines) is 1. The van der Waals surface area contributed by atoms with Crippen molar-refractivity contribution < 1.29 is 9.59 Å². The second kappa shape index (κ2) is 13.0. The van der Waals surface area contributed by atoms with Crippen molar-refractivity contribution in [3.63, 3.8) is 0 Å². The van der Waals surface area contributed by atoms with Crippen LogP contribution >= 0.6 is 11.6 Å². The van der Waals surface area contributed by atoms with Crippen molar-refractivity contribution in [2.75, 3.05) is 12.3 Å². The van der Waals surface area contributed by atoms with Gasteiger partial charge >= 0.3 is 0 Å². The maximum Gasteiger partial charge on any atom is 0.234 e. The number of rotatable bonds is 9. The largest absolute Gasteiger partial charge is 0.383 e. The molecule has 3 atom stereocenters. The first-order valence-electron chi connectivity index (χ1n) is 12.8. The fraction of sp³-hybridized carbons (Fsp3) is 0.433. The molecule has 1 aliphatic rings. The summed E-state index contributed by atoms with van der Waals surface area (Å²) in [4.78, 5) is 32.8. The van der Waals surface area contributed by atoms with Gasteiger partial charge in [-0.05, 0) is 74.2 Å². The van der Waals surface area contributed by atoms with E-state index in [1.807, 2.05) is 48.5 Å². The molecule has 2 aromatic carbocycles. The van der Waals surface area contributed by atoms with Crippen LogP contribution in [-0.2, 0) is 22.4 Å². The lowest BCUT2D eigenvalue weighted by Gasteiger charge is -2.38. The molecule has 2 heterocycles. The van der Waals surface area contributed by atoms with Crippen molar-refractivity contribution in [3.8, 4) is 0 Å². The normalized spacial score (nSPS) is 18.7. The van der Waals surface area contributed by atoms with Gasteiger partial charge in [0.1, 0.15) is 5.82 Å². The van der Waals surface area contributed by atoms with E-state index >= 15 is 0 Å². The van der Waals surface area contributed by atoms with Gasteiger partial charge in [0, 0.05) is 35.1 Å². The van der Waals surface area contributed by atoms with Gasteiger partial charge in [0.05, 0.1) is 12.6 Å². The average Bonchev–Trinajstić information content (AvgIpc) is 2.84. The van der Waals surface area contributed by atoms with E-state index in [4.69, 9.17) is 17.3 Å². The fourth-order valence-electron chi connectivity index (χ4n) is 5.19. The van der Waals surface area contributed by atoms with E-state index in [1.54, 1.807) is 6.20 Å². The zero-order valence-corrected chi connectivity index (χ0v) is 21.8. The minimum absolute atomic E-state index is 0. The second-order valence-electron chi connectivity index (χ2n) is 9.97. The standard InChI is InChI=1S/C29H35ClN4O2.CH4/c1-19-5-3-6-20(2)34(19)18-28(36)33-26(17-22-7-4-8-24(30)16-22)27(35)12-10-21-9-11-25-23(15-21)13-14-32-29(25)31;/h4,7-9,11,13-16,19-20,26H,3,5-6,10,12,17-18H2,1-2H3,(H2,31,32)(H,33,36);1H4/t19-,20+,26-;/m0./s1. The van der Waals surface area contributed by atoms with Crippen LogP contribution < -0.4 is 11.1 Å². The van der Waals surface area contributed by atoms with Gasteiger partial charge in [-0.1, -0.05) is 55.8 Å². The zero-order valence-electron chi connectivity index (χ0n) is 21.0. The third-order valence-electron chi connectivity index (χ3n) is 7.27. The van der Waals surface area contributed by atoms with Crippen molar-refractivity contribution in [3.05, 3.63) is 70.9 Å². The van der Waals surface area contributed by atoms with E-state index < -0.39 is 6.04 Å². The van der Waals surface area contributed by atoms with Crippen LogP contribution in [0.1, 0.15) is 58.1 Å². The molecule has 37 heavy (non-hydrogen) atoms. The van der Waals surface area contributed by atoms with Crippen molar-refractivity contribution in [1.29, 1.82) is 0 Å². The number of nitrogens with one attached hydrogen (secondary N) is 1. The van der Waals surface area contributed by atoms with Gasteiger partial charge in [0.2, 0.25) is 5.91 Å². The predicted molar refractivity (Wildman–Crippen MR) is 153 cm³/mol. The number of anilines is 1. The molecule has 1 saturated heterocycles. The molecule has 4 rings (SSSR count). The van der Waals surface area contributed by atoms with Crippen LogP contribution in [-0.4, -0.2) is 46.2 Å². The Morgan fingerprint density at radius 2 is 1.86 bits per heavy atom. The number of amides is 1. The monoisotopic (exact) mass is 522 g/mol. The van der Waals surface area contributed by atoms with E-state index in [1.165, 1.54) is 6.42 Å². The topological polar surface area (TPSA) is 88.3 Å². The second-order valence-corrected chi connectivity index (χ2v) is 10.4. The van der Waals surface area contributed by atoms with E-state index in [0.29, 0.717) is 48.7 Å². The Bertz CT molecular complexity index is 1220. The highest BCUT2D eigenvalue weighted by Gasteiger charge is 2.28. The summed E-state index contributed by atoms with van der Waals surface area (Å²) >= 11 is 6.18. The number of hydrogen-bond donors (Lipinski definition) is 2. The van der Waals surface area contributed by atoms with Crippen molar-refractivity contribution in [2.24, 2.45) is 0 Å². The van der Waals surface area contributed by atoms with E-state index in [0.717, 1.165) is 34.7 Å². The minimum Gasteiger partial charge on any atom is -0.383 e. The summed E-state index contributed by atoms with van der Waals surface area (Å²) < 4.78 is 0. The molecule has 0 bridgehead atoms. The summed E-state index contributed by atoms with van der Waals surface area (Å²) in [5, 5.41) is 5.57. The number of pyridine rings is 1. The zero-order chi connectivity index (χ0) is 25.7. The summed E-state index contributed by atoms with van der Waals surface area (Å²) in [6, 6.07) is 15.5. The maximum absolute atomic E-state index is 13.4. The molecule has 0 spiro atoms. The number of carbonyl (C=O) groups is 2.